The Hall–Kier alpha value is -5.12. The second kappa shape index (κ2) is 15.3. The maximum atomic E-state index is 14.1. The third-order valence-corrected chi connectivity index (χ3v) is 11.2. The normalized spacial score (nSPS) is 20.4. The van der Waals surface area contributed by atoms with E-state index in [1.54, 1.807) is 29.5 Å². The number of carbonyl (C=O) groups is 3. The monoisotopic (exact) mass is 753 g/mol. The molecule has 4 atom stereocenters. The van der Waals surface area contributed by atoms with E-state index in [1.807, 2.05) is 69.6 Å². The van der Waals surface area contributed by atoms with E-state index in [-0.39, 0.29) is 49.7 Å². The second-order valence-corrected chi connectivity index (χ2v) is 16.4. The average molecular weight is 754 g/mol. The van der Waals surface area contributed by atoms with E-state index in [0.717, 1.165) is 27.4 Å². The van der Waals surface area contributed by atoms with Gasteiger partial charge in [-0.1, -0.05) is 57.2 Å². The maximum absolute atomic E-state index is 14.1. The van der Waals surface area contributed by atoms with Gasteiger partial charge in [0.1, 0.15) is 17.8 Å². The first-order chi connectivity index (χ1) is 25.9. The first-order valence-electron chi connectivity index (χ1n) is 18.3. The van der Waals surface area contributed by atoms with Crippen LogP contribution in [0.5, 0.6) is 5.75 Å². The molecule has 2 fully saturated rings. The molecule has 284 valence electrons. The van der Waals surface area contributed by atoms with Gasteiger partial charge in [0.05, 0.1) is 41.3 Å². The van der Waals surface area contributed by atoms with Gasteiger partial charge in [-0.15, -0.1) is 21.5 Å². The van der Waals surface area contributed by atoms with Gasteiger partial charge in [-0.2, -0.15) is 0 Å². The first-order valence-corrected chi connectivity index (χ1v) is 19.2. The number of nitrogens with one attached hydrogen (secondary N) is 3. The number of phenolic OH excluding ortho intramolecular Hbond substituents is 1. The molecule has 54 heavy (non-hydrogen) atoms. The van der Waals surface area contributed by atoms with Crippen LogP contribution in [0.3, 0.4) is 0 Å². The van der Waals surface area contributed by atoms with E-state index in [9.17, 15) is 24.6 Å². The zero-order valence-electron chi connectivity index (χ0n) is 31.0. The van der Waals surface area contributed by atoms with E-state index >= 15 is 0 Å². The molecular formula is C39H47N9O5S. The minimum absolute atomic E-state index is 0.00908. The van der Waals surface area contributed by atoms with Gasteiger partial charge < -0.3 is 36.0 Å². The van der Waals surface area contributed by atoms with E-state index in [0.29, 0.717) is 43.3 Å². The molecule has 3 amide bonds. The molecule has 2 saturated heterocycles. The number of likely N-dealkylation sites (tertiary alicyclic amines) is 1. The molecule has 2 aromatic carbocycles. The number of benzene rings is 2. The van der Waals surface area contributed by atoms with Crippen LogP contribution < -0.4 is 20.9 Å². The molecule has 2 aromatic heterocycles. The summed E-state index contributed by atoms with van der Waals surface area (Å²) in [5.41, 5.74) is 6.07. The summed E-state index contributed by atoms with van der Waals surface area (Å²) >= 11 is 1.59. The largest absolute Gasteiger partial charge is 0.507 e. The van der Waals surface area contributed by atoms with Crippen molar-refractivity contribution in [1.29, 1.82) is 0 Å². The lowest BCUT2D eigenvalue weighted by atomic mass is 9.85. The van der Waals surface area contributed by atoms with Crippen LogP contribution in [0.1, 0.15) is 37.6 Å². The van der Waals surface area contributed by atoms with E-state index in [4.69, 9.17) is 0 Å². The Labute approximate surface area is 318 Å². The van der Waals surface area contributed by atoms with Gasteiger partial charge >= 0.3 is 0 Å². The highest BCUT2D eigenvalue weighted by Crippen LogP contribution is 2.36. The SMILES string of the molecule is Cc1scnc1-c1ccc(CNC(=O)[C@@H]2C[C@@H](O)CN2C(=O)C(NC(=O)CN2CCN3c4cc(-c5ccccc5O)nnc4NC[C@@H]3C2)C(C)(C)C)cc1. The van der Waals surface area contributed by atoms with Crippen LogP contribution >= 0.6 is 11.3 Å². The molecule has 0 saturated carbocycles. The van der Waals surface area contributed by atoms with Gasteiger partial charge in [0, 0.05) is 61.7 Å². The van der Waals surface area contributed by atoms with Gasteiger partial charge in [0.2, 0.25) is 17.7 Å². The summed E-state index contributed by atoms with van der Waals surface area (Å²) in [5.74, 6) is -0.217. The highest BCUT2D eigenvalue weighted by Gasteiger charge is 2.45. The number of amides is 3. The molecule has 0 aliphatic carbocycles. The molecule has 3 aliphatic rings. The fourth-order valence-electron chi connectivity index (χ4n) is 7.52. The number of fused-ring (bicyclic) bond motifs is 3. The van der Waals surface area contributed by atoms with Crippen molar-refractivity contribution in [3.8, 4) is 28.3 Å². The van der Waals surface area contributed by atoms with Crippen LogP contribution in [0.4, 0.5) is 11.5 Å². The van der Waals surface area contributed by atoms with Gasteiger partial charge in [-0.25, -0.2) is 4.98 Å². The number of aromatic nitrogens is 3. The molecule has 7 rings (SSSR count). The minimum atomic E-state index is -0.914. The smallest absolute Gasteiger partial charge is 0.246 e. The molecule has 1 unspecified atom stereocenters. The number of thiazole rings is 1. The Morgan fingerprint density at radius 2 is 1.83 bits per heavy atom. The number of carbonyl (C=O) groups excluding carboxylic acids is 3. The van der Waals surface area contributed by atoms with Crippen molar-refractivity contribution in [2.24, 2.45) is 5.41 Å². The Morgan fingerprint density at radius 1 is 1.06 bits per heavy atom. The number of hydrogen-bond acceptors (Lipinski definition) is 12. The molecule has 5 heterocycles. The van der Waals surface area contributed by atoms with Crippen molar-refractivity contribution in [1.82, 2.24) is 35.6 Å². The Morgan fingerprint density at radius 3 is 2.56 bits per heavy atom. The van der Waals surface area contributed by atoms with Crippen molar-refractivity contribution >= 4 is 40.6 Å². The number of anilines is 2. The Balaban J connectivity index is 0.961. The van der Waals surface area contributed by atoms with Crippen molar-refractivity contribution in [3.63, 3.8) is 0 Å². The molecule has 15 heteroatoms. The standard InChI is InChI=1S/C39H47N9O5S/c1-23-34(42-22-54-23)25-11-9-24(10-12-25)17-41-37(52)31-15-27(49)20-48(31)38(53)35(39(2,3)4)43-33(51)21-46-13-14-47-26(19-46)18-40-36-30(47)16-29(44-45-36)28-7-5-6-8-32(28)50/h5-12,16,22,26-27,31,35,49-50H,13-15,17-21H2,1-4H3,(H,40,45)(H,41,52)(H,43,51)/t26-,27-,31+,35?/m1/s1. The number of phenols is 1. The number of nitrogens with zero attached hydrogens (tertiary/aromatic N) is 6. The zero-order valence-corrected chi connectivity index (χ0v) is 31.8. The molecule has 3 aliphatic heterocycles. The number of aryl methyl sites for hydroxylation is 1. The van der Waals surface area contributed by atoms with E-state index in [2.05, 4.69) is 40.9 Å². The quantitative estimate of drug-likeness (QED) is 0.170. The predicted octanol–water partition coefficient (Wildman–Crippen LogP) is 3.01. The fourth-order valence-corrected chi connectivity index (χ4v) is 8.12. The van der Waals surface area contributed by atoms with Crippen molar-refractivity contribution in [2.45, 2.75) is 64.9 Å². The van der Waals surface area contributed by atoms with Gasteiger partial charge in [-0.05, 0) is 36.1 Å². The summed E-state index contributed by atoms with van der Waals surface area (Å²) in [6.45, 7) is 10.5. The molecule has 4 aromatic rings. The van der Waals surface area contributed by atoms with E-state index in [1.165, 1.54) is 4.90 Å². The fraction of sp³-hybridized carbons (Fsp3) is 0.436. The number of para-hydroxylation sites is 1. The lowest BCUT2D eigenvalue weighted by Crippen LogP contribution is -2.61. The zero-order chi connectivity index (χ0) is 38.1. The second-order valence-electron chi connectivity index (χ2n) is 15.4. The summed E-state index contributed by atoms with van der Waals surface area (Å²) < 4.78 is 0. The highest BCUT2D eigenvalue weighted by molar-refractivity contribution is 7.10. The molecule has 5 N–H and O–H groups in total. The Kier molecular flexibility index (Phi) is 10.6. The molecular weight excluding hydrogens is 707 g/mol. The molecule has 0 bridgehead atoms. The van der Waals surface area contributed by atoms with Crippen molar-refractivity contribution < 1.29 is 24.6 Å². The van der Waals surface area contributed by atoms with Crippen molar-refractivity contribution in [3.05, 3.63) is 70.5 Å². The van der Waals surface area contributed by atoms with Gasteiger partial charge in [0.25, 0.3) is 0 Å². The summed E-state index contributed by atoms with van der Waals surface area (Å²) in [7, 11) is 0. The Bertz CT molecular complexity index is 2020. The molecule has 0 spiro atoms. The highest BCUT2D eigenvalue weighted by atomic mass is 32.1. The summed E-state index contributed by atoms with van der Waals surface area (Å²) in [4.78, 5) is 52.6. The molecule has 0 radical (unpaired) electrons. The predicted molar refractivity (Wildman–Crippen MR) is 207 cm³/mol. The summed E-state index contributed by atoms with van der Waals surface area (Å²) in [6, 6.07) is 15.1. The summed E-state index contributed by atoms with van der Waals surface area (Å²) in [5, 5.41) is 39.0. The van der Waals surface area contributed by atoms with Crippen LogP contribution in [0.2, 0.25) is 0 Å². The number of aliphatic hydroxyl groups is 1. The lowest BCUT2D eigenvalue weighted by Gasteiger charge is -2.45. The maximum Gasteiger partial charge on any atom is 0.246 e. The number of piperazine rings is 1. The third-order valence-electron chi connectivity index (χ3n) is 10.4. The number of hydrogen-bond donors (Lipinski definition) is 5. The van der Waals surface area contributed by atoms with Gasteiger partial charge in [0.15, 0.2) is 5.82 Å². The number of aromatic hydroxyl groups is 1. The first kappa shape index (κ1) is 37.2. The van der Waals surface area contributed by atoms with Crippen LogP contribution in [-0.2, 0) is 20.9 Å². The van der Waals surface area contributed by atoms with Gasteiger partial charge in [-0.3, -0.25) is 19.3 Å². The third kappa shape index (κ3) is 7.88. The lowest BCUT2D eigenvalue weighted by molar-refractivity contribution is -0.144. The number of rotatable bonds is 9. The average Bonchev–Trinajstić information content (AvgIpc) is 3.77. The molecule has 14 nitrogen and oxygen atoms in total. The van der Waals surface area contributed by atoms with Crippen LogP contribution in [-0.4, -0.2) is 116 Å². The minimum Gasteiger partial charge on any atom is -0.507 e. The van der Waals surface area contributed by atoms with Crippen LogP contribution in [0.15, 0.2) is 60.1 Å². The number of aliphatic hydroxyl groups excluding tert-OH is 1. The van der Waals surface area contributed by atoms with Crippen molar-refractivity contribution in [2.75, 3.05) is 49.5 Å². The van der Waals surface area contributed by atoms with Crippen LogP contribution in [0, 0.1) is 12.3 Å². The summed E-state index contributed by atoms with van der Waals surface area (Å²) in [6.07, 6.45) is -0.736. The van der Waals surface area contributed by atoms with Crippen LogP contribution in [0.25, 0.3) is 22.5 Å². The topological polar surface area (TPSA) is 176 Å². The number of β-amino-alcohol motifs (C(OH)–C–C–N with tert-alkyl or cyclic N) is 1. The van der Waals surface area contributed by atoms with E-state index < -0.39 is 29.5 Å².